The maximum Gasteiger partial charge on any atom is 0.231 e. The van der Waals surface area contributed by atoms with Crippen LogP contribution in [-0.4, -0.2) is 16.3 Å². The average molecular weight is 245 g/mol. The van der Waals surface area contributed by atoms with E-state index in [9.17, 15) is 0 Å². The summed E-state index contributed by atoms with van der Waals surface area (Å²) >= 11 is 0. The molecule has 18 heavy (non-hydrogen) atoms. The van der Waals surface area contributed by atoms with E-state index >= 15 is 0 Å². The van der Waals surface area contributed by atoms with Crippen molar-refractivity contribution in [3.05, 3.63) is 29.7 Å². The van der Waals surface area contributed by atoms with E-state index in [-0.39, 0.29) is 6.79 Å². The zero-order valence-corrected chi connectivity index (χ0v) is 10.4. The first kappa shape index (κ1) is 11.1. The molecular formula is C13H15N3O2. The number of nitrogens with two attached hydrogens (primary N) is 1. The lowest BCUT2D eigenvalue weighted by atomic mass is 10.1. The lowest BCUT2D eigenvalue weighted by molar-refractivity contribution is 0.174. The highest BCUT2D eigenvalue weighted by Gasteiger charge is 2.17. The smallest absolute Gasteiger partial charge is 0.231 e. The first-order chi connectivity index (χ1) is 8.70. The van der Waals surface area contributed by atoms with Gasteiger partial charge in [0.1, 0.15) is 5.82 Å². The van der Waals surface area contributed by atoms with Gasteiger partial charge in [0.15, 0.2) is 11.5 Å². The second-order valence-electron chi connectivity index (χ2n) is 4.29. The second-order valence-corrected chi connectivity index (χ2v) is 4.29. The summed E-state index contributed by atoms with van der Waals surface area (Å²) in [5.74, 6) is 2.43. The van der Waals surface area contributed by atoms with Crippen LogP contribution in [0.5, 0.6) is 11.5 Å². The molecular weight excluding hydrogens is 230 g/mol. The summed E-state index contributed by atoms with van der Waals surface area (Å²) in [7, 11) is 1.97. The van der Waals surface area contributed by atoms with Crippen molar-refractivity contribution in [3.8, 4) is 22.8 Å². The molecule has 1 aliphatic heterocycles. The van der Waals surface area contributed by atoms with Crippen molar-refractivity contribution >= 4 is 0 Å². The molecule has 0 unspecified atom stereocenters. The quantitative estimate of drug-likeness (QED) is 0.872. The van der Waals surface area contributed by atoms with Crippen LogP contribution in [0.25, 0.3) is 11.3 Å². The van der Waals surface area contributed by atoms with E-state index in [1.165, 1.54) is 0 Å². The van der Waals surface area contributed by atoms with E-state index in [0.29, 0.717) is 6.54 Å². The highest BCUT2D eigenvalue weighted by Crippen LogP contribution is 2.36. The van der Waals surface area contributed by atoms with E-state index in [2.05, 4.69) is 4.98 Å². The van der Waals surface area contributed by atoms with Crippen molar-refractivity contribution < 1.29 is 9.47 Å². The lowest BCUT2D eigenvalue weighted by Gasteiger charge is -2.02. The molecule has 0 amide bonds. The molecule has 1 aromatic carbocycles. The van der Waals surface area contributed by atoms with Crippen LogP contribution < -0.4 is 15.2 Å². The Morgan fingerprint density at radius 3 is 2.83 bits per heavy atom. The van der Waals surface area contributed by atoms with Crippen molar-refractivity contribution in [1.29, 1.82) is 0 Å². The molecule has 94 valence electrons. The van der Waals surface area contributed by atoms with Crippen molar-refractivity contribution in [2.24, 2.45) is 12.8 Å². The molecule has 2 heterocycles. The fourth-order valence-electron chi connectivity index (χ4n) is 2.14. The number of ether oxygens (including phenoxy) is 2. The Balaban J connectivity index is 2.10. The third-order valence-corrected chi connectivity index (χ3v) is 3.30. The van der Waals surface area contributed by atoms with Gasteiger partial charge in [-0.25, -0.2) is 4.98 Å². The van der Waals surface area contributed by atoms with Crippen LogP contribution in [0.1, 0.15) is 11.5 Å². The minimum absolute atomic E-state index is 0.286. The Hall–Kier alpha value is -2.01. The van der Waals surface area contributed by atoms with Gasteiger partial charge in [-0.2, -0.15) is 0 Å². The predicted octanol–water partition coefficient (Wildman–Crippen LogP) is 1.58. The minimum atomic E-state index is 0.286. The van der Waals surface area contributed by atoms with Gasteiger partial charge in [0.2, 0.25) is 6.79 Å². The Bertz CT molecular complexity index is 605. The van der Waals surface area contributed by atoms with Crippen LogP contribution in [0.15, 0.2) is 18.2 Å². The van der Waals surface area contributed by atoms with Gasteiger partial charge in [0.25, 0.3) is 0 Å². The van der Waals surface area contributed by atoms with Gasteiger partial charge in [0.05, 0.1) is 12.2 Å². The monoisotopic (exact) mass is 245 g/mol. The van der Waals surface area contributed by atoms with Crippen molar-refractivity contribution in [3.63, 3.8) is 0 Å². The molecule has 0 radical (unpaired) electrons. The Morgan fingerprint density at radius 2 is 2.11 bits per heavy atom. The van der Waals surface area contributed by atoms with E-state index in [4.69, 9.17) is 15.2 Å². The Morgan fingerprint density at radius 1 is 1.33 bits per heavy atom. The second kappa shape index (κ2) is 4.03. The molecule has 0 saturated heterocycles. The van der Waals surface area contributed by atoms with Crippen LogP contribution >= 0.6 is 0 Å². The molecule has 5 heteroatoms. The van der Waals surface area contributed by atoms with Crippen molar-refractivity contribution in [1.82, 2.24) is 9.55 Å². The van der Waals surface area contributed by atoms with Crippen LogP contribution in [0.4, 0.5) is 0 Å². The maximum atomic E-state index is 5.67. The number of benzene rings is 1. The molecule has 0 fully saturated rings. The summed E-state index contributed by atoms with van der Waals surface area (Å²) in [6.45, 7) is 2.75. The van der Waals surface area contributed by atoms with Gasteiger partial charge >= 0.3 is 0 Å². The summed E-state index contributed by atoms with van der Waals surface area (Å²) in [6.07, 6.45) is 0. The molecule has 2 aromatic rings. The third kappa shape index (κ3) is 1.55. The SMILES string of the molecule is Cc1c(-c2ccc3c(c2)OCO3)nc(CN)n1C. The highest BCUT2D eigenvalue weighted by molar-refractivity contribution is 5.66. The summed E-state index contributed by atoms with van der Waals surface area (Å²) in [4.78, 5) is 4.57. The zero-order chi connectivity index (χ0) is 12.7. The number of imidazole rings is 1. The number of rotatable bonds is 2. The molecule has 0 bridgehead atoms. The highest BCUT2D eigenvalue weighted by atomic mass is 16.7. The average Bonchev–Trinajstić information content (AvgIpc) is 2.95. The Kier molecular flexibility index (Phi) is 2.48. The minimum Gasteiger partial charge on any atom is -0.454 e. The van der Waals surface area contributed by atoms with E-state index in [1.54, 1.807) is 0 Å². The summed E-state index contributed by atoms with van der Waals surface area (Å²) < 4.78 is 12.7. The fourth-order valence-corrected chi connectivity index (χ4v) is 2.14. The van der Waals surface area contributed by atoms with Gasteiger partial charge in [-0.1, -0.05) is 0 Å². The Labute approximate surface area is 105 Å². The van der Waals surface area contributed by atoms with E-state index in [0.717, 1.165) is 34.3 Å². The normalized spacial score (nSPS) is 13.1. The van der Waals surface area contributed by atoms with Gasteiger partial charge < -0.3 is 19.8 Å². The van der Waals surface area contributed by atoms with Crippen molar-refractivity contribution in [2.45, 2.75) is 13.5 Å². The van der Waals surface area contributed by atoms with Crippen LogP contribution in [0.3, 0.4) is 0 Å². The summed E-state index contributed by atoms with van der Waals surface area (Å²) in [6, 6.07) is 5.86. The molecule has 5 nitrogen and oxygen atoms in total. The van der Waals surface area contributed by atoms with Crippen LogP contribution in [-0.2, 0) is 13.6 Å². The standard InChI is InChI=1S/C13H15N3O2/c1-8-13(15-12(6-14)16(8)2)9-3-4-10-11(5-9)18-7-17-10/h3-5H,6-7,14H2,1-2H3. The van der Waals surface area contributed by atoms with Crippen LogP contribution in [0, 0.1) is 6.92 Å². The number of hydrogen-bond donors (Lipinski definition) is 1. The number of hydrogen-bond acceptors (Lipinski definition) is 4. The lowest BCUT2D eigenvalue weighted by Crippen LogP contribution is -2.05. The largest absolute Gasteiger partial charge is 0.454 e. The molecule has 1 aliphatic rings. The van der Waals surface area contributed by atoms with Gasteiger partial charge in [-0.3, -0.25) is 0 Å². The fraction of sp³-hybridized carbons (Fsp3) is 0.308. The van der Waals surface area contributed by atoms with Crippen molar-refractivity contribution in [2.75, 3.05) is 6.79 Å². The number of aromatic nitrogens is 2. The molecule has 0 aliphatic carbocycles. The molecule has 2 N–H and O–H groups in total. The molecule has 0 spiro atoms. The first-order valence-electron chi connectivity index (χ1n) is 5.83. The number of fused-ring (bicyclic) bond motifs is 1. The van der Waals surface area contributed by atoms with Crippen LogP contribution in [0.2, 0.25) is 0 Å². The maximum absolute atomic E-state index is 5.67. The third-order valence-electron chi connectivity index (χ3n) is 3.30. The van der Waals surface area contributed by atoms with E-state index in [1.807, 2.05) is 36.7 Å². The summed E-state index contributed by atoms with van der Waals surface area (Å²) in [5.41, 5.74) is 8.73. The zero-order valence-electron chi connectivity index (χ0n) is 10.4. The van der Waals surface area contributed by atoms with Gasteiger partial charge in [0, 0.05) is 18.3 Å². The molecule has 1 aromatic heterocycles. The first-order valence-corrected chi connectivity index (χ1v) is 5.83. The van der Waals surface area contributed by atoms with Gasteiger partial charge in [-0.15, -0.1) is 0 Å². The van der Waals surface area contributed by atoms with E-state index < -0.39 is 0 Å². The molecule has 0 saturated carbocycles. The molecule has 3 rings (SSSR count). The number of nitrogens with zero attached hydrogens (tertiary/aromatic N) is 2. The molecule has 0 atom stereocenters. The topological polar surface area (TPSA) is 62.3 Å². The predicted molar refractivity (Wildman–Crippen MR) is 67.4 cm³/mol. The van der Waals surface area contributed by atoms with Gasteiger partial charge in [-0.05, 0) is 25.1 Å². The summed E-state index contributed by atoms with van der Waals surface area (Å²) in [5, 5.41) is 0.